The van der Waals surface area contributed by atoms with Gasteiger partial charge in [-0.3, -0.25) is 0 Å². The molecule has 82 valence electrons. The summed E-state index contributed by atoms with van der Waals surface area (Å²) in [6.45, 7) is 0.384. The Labute approximate surface area is 92.1 Å². The van der Waals surface area contributed by atoms with E-state index >= 15 is 0 Å². The molecule has 16 heavy (non-hydrogen) atoms. The first-order valence-corrected chi connectivity index (χ1v) is 4.78. The molecule has 0 unspecified atom stereocenters. The topological polar surface area (TPSA) is 81.1 Å². The minimum absolute atomic E-state index is 0.217. The van der Waals surface area contributed by atoms with E-state index in [0.29, 0.717) is 12.2 Å². The molecule has 0 aliphatic carbocycles. The number of aromatic carboxylic acids is 1. The number of nitrogens with zero attached hydrogens (tertiary/aromatic N) is 2. The van der Waals surface area contributed by atoms with Crippen LogP contribution in [0.3, 0.4) is 0 Å². The first kappa shape index (κ1) is 10.4. The molecule has 0 fully saturated rings. The van der Waals surface area contributed by atoms with Gasteiger partial charge in [-0.1, -0.05) is 12.1 Å². The number of aromatic nitrogens is 2. The summed E-state index contributed by atoms with van der Waals surface area (Å²) < 4.78 is 1.52. The summed E-state index contributed by atoms with van der Waals surface area (Å²) in [4.78, 5) is 11.0. The van der Waals surface area contributed by atoms with Crippen molar-refractivity contribution in [2.75, 3.05) is 0 Å². The summed E-state index contributed by atoms with van der Waals surface area (Å²) >= 11 is 0. The van der Waals surface area contributed by atoms with E-state index in [1.807, 2.05) is 0 Å². The number of carboxylic acid groups (broad SMARTS) is 1. The molecule has 1 aromatic carbocycles. The smallest absolute Gasteiger partial charge is 0.337 e. The van der Waals surface area contributed by atoms with Crippen molar-refractivity contribution < 1.29 is 9.90 Å². The second-order valence-corrected chi connectivity index (χ2v) is 3.32. The van der Waals surface area contributed by atoms with Gasteiger partial charge in [-0.25, -0.2) is 9.48 Å². The Morgan fingerprint density at radius 3 is 2.81 bits per heavy atom. The minimum atomic E-state index is -0.972. The van der Waals surface area contributed by atoms with Crippen molar-refractivity contribution in [3.63, 3.8) is 0 Å². The molecular weight excluding hydrogens is 206 g/mol. The Bertz CT molecular complexity index is 519. The van der Waals surface area contributed by atoms with Crippen LogP contribution in [0.2, 0.25) is 0 Å². The number of hydrogen-bond acceptors (Lipinski definition) is 3. The highest BCUT2D eigenvalue weighted by molar-refractivity contribution is 5.91. The van der Waals surface area contributed by atoms with Crippen molar-refractivity contribution in [1.82, 2.24) is 9.78 Å². The van der Waals surface area contributed by atoms with Crippen molar-refractivity contribution in [3.05, 3.63) is 47.8 Å². The Balaban J connectivity index is 2.50. The molecule has 0 saturated heterocycles. The predicted molar refractivity (Wildman–Crippen MR) is 58.4 cm³/mol. The van der Waals surface area contributed by atoms with Gasteiger partial charge in [0.25, 0.3) is 0 Å². The molecule has 1 heterocycles. The fourth-order valence-electron chi connectivity index (χ4n) is 1.45. The van der Waals surface area contributed by atoms with Crippen LogP contribution in [0.4, 0.5) is 0 Å². The van der Waals surface area contributed by atoms with Crippen molar-refractivity contribution in [3.8, 4) is 5.69 Å². The molecule has 0 amide bonds. The number of hydrogen-bond donors (Lipinski definition) is 2. The highest BCUT2D eigenvalue weighted by atomic mass is 16.4. The summed E-state index contributed by atoms with van der Waals surface area (Å²) in [7, 11) is 0. The number of carboxylic acids is 1. The molecule has 3 N–H and O–H groups in total. The minimum Gasteiger partial charge on any atom is -0.478 e. The van der Waals surface area contributed by atoms with Crippen LogP contribution in [0.25, 0.3) is 5.69 Å². The second-order valence-electron chi connectivity index (χ2n) is 3.32. The molecule has 0 aliphatic heterocycles. The van der Waals surface area contributed by atoms with Gasteiger partial charge < -0.3 is 10.8 Å². The quantitative estimate of drug-likeness (QED) is 0.804. The molecular formula is C11H11N3O2. The lowest BCUT2D eigenvalue weighted by atomic mass is 10.2. The normalized spacial score (nSPS) is 10.3. The number of nitrogens with two attached hydrogens (primary N) is 1. The summed E-state index contributed by atoms with van der Waals surface area (Å²) in [6.07, 6.45) is 3.35. The van der Waals surface area contributed by atoms with Gasteiger partial charge in [-0.2, -0.15) is 5.10 Å². The molecule has 0 saturated carbocycles. The van der Waals surface area contributed by atoms with Crippen LogP contribution < -0.4 is 5.73 Å². The van der Waals surface area contributed by atoms with Gasteiger partial charge in [-0.15, -0.1) is 0 Å². The molecule has 0 spiro atoms. The molecule has 5 nitrogen and oxygen atoms in total. The van der Waals surface area contributed by atoms with E-state index in [1.165, 1.54) is 4.68 Å². The predicted octanol–water partition coefficient (Wildman–Crippen LogP) is 1.03. The third-order valence-electron chi connectivity index (χ3n) is 2.25. The maximum atomic E-state index is 11.0. The fraction of sp³-hybridized carbons (Fsp3) is 0.0909. The van der Waals surface area contributed by atoms with E-state index < -0.39 is 5.97 Å². The SMILES string of the molecule is NCc1cnn(-c2ccccc2C(=O)O)c1. The summed E-state index contributed by atoms with van der Waals surface area (Å²) in [5.74, 6) is -0.972. The van der Waals surface area contributed by atoms with Gasteiger partial charge in [0.15, 0.2) is 0 Å². The Kier molecular flexibility index (Phi) is 2.70. The van der Waals surface area contributed by atoms with Gasteiger partial charge in [-0.05, 0) is 12.1 Å². The Morgan fingerprint density at radius 2 is 2.19 bits per heavy atom. The third-order valence-corrected chi connectivity index (χ3v) is 2.25. The Hall–Kier alpha value is -2.14. The second kappa shape index (κ2) is 4.16. The van der Waals surface area contributed by atoms with Gasteiger partial charge in [0.2, 0.25) is 0 Å². The van der Waals surface area contributed by atoms with Gasteiger partial charge in [0.05, 0.1) is 17.4 Å². The zero-order chi connectivity index (χ0) is 11.5. The molecule has 1 aromatic heterocycles. The first-order chi connectivity index (χ1) is 7.72. The lowest BCUT2D eigenvalue weighted by Crippen LogP contribution is -2.05. The van der Waals surface area contributed by atoms with Crippen LogP contribution in [-0.2, 0) is 6.54 Å². The molecule has 2 rings (SSSR count). The van der Waals surface area contributed by atoms with Crippen LogP contribution in [0.15, 0.2) is 36.7 Å². The summed E-state index contributed by atoms with van der Waals surface area (Å²) in [6, 6.07) is 6.70. The molecule has 0 aliphatic rings. The zero-order valence-corrected chi connectivity index (χ0v) is 8.50. The van der Waals surface area contributed by atoms with Crippen LogP contribution in [0.5, 0.6) is 0 Å². The summed E-state index contributed by atoms with van der Waals surface area (Å²) in [5.41, 5.74) is 7.08. The van der Waals surface area contributed by atoms with Crippen molar-refractivity contribution in [2.24, 2.45) is 5.73 Å². The van der Waals surface area contributed by atoms with E-state index in [2.05, 4.69) is 5.10 Å². The van der Waals surface area contributed by atoms with Crippen LogP contribution in [0.1, 0.15) is 15.9 Å². The molecule has 5 heteroatoms. The molecule has 2 aromatic rings. The highest BCUT2D eigenvalue weighted by Crippen LogP contribution is 2.14. The molecule has 0 atom stereocenters. The number of rotatable bonds is 3. The van der Waals surface area contributed by atoms with Crippen LogP contribution in [-0.4, -0.2) is 20.9 Å². The monoisotopic (exact) mass is 217 g/mol. The van der Waals surface area contributed by atoms with Crippen LogP contribution >= 0.6 is 0 Å². The fourth-order valence-corrected chi connectivity index (χ4v) is 1.45. The maximum Gasteiger partial charge on any atom is 0.337 e. The van der Waals surface area contributed by atoms with E-state index in [4.69, 9.17) is 10.8 Å². The molecule has 0 bridgehead atoms. The zero-order valence-electron chi connectivity index (χ0n) is 8.50. The Morgan fingerprint density at radius 1 is 1.44 bits per heavy atom. The third kappa shape index (κ3) is 1.80. The van der Waals surface area contributed by atoms with E-state index in [0.717, 1.165) is 5.56 Å². The first-order valence-electron chi connectivity index (χ1n) is 4.78. The lowest BCUT2D eigenvalue weighted by molar-refractivity contribution is 0.0696. The lowest BCUT2D eigenvalue weighted by Gasteiger charge is -2.04. The van der Waals surface area contributed by atoms with Crippen molar-refractivity contribution in [2.45, 2.75) is 6.54 Å². The summed E-state index contributed by atoms with van der Waals surface area (Å²) in [5, 5.41) is 13.1. The van der Waals surface area contributed by atoms with Crippen molar-refractivity contribution >= 4 is 5.97 Å². The average molecular weight is 217 g/mol. The number of para-hydroxylation sites is 1. The van der Waals surface area contributed by atoms with Gasteiger partial charge >= 0.3 is 5.97 Å². The van der Waals surface area contributed by atoms with Crippen LogP contribution in [0, 0.1) is 0 Å². The van der Waals surface area contributed by atoms with Gasteiger partial charge in [0.1, 0.15) is 0 Å². The standard InChI is InChI=1S/C11H11N3O2/c12-5-8-6-13-14(7-8)10-4-2-1-3-9(10)11(15)16/h1-4,6-7H,5,12H2,(H,15,16). The maximum absolute atomic E-state index is 11.0. The molecule has 0 radical (unpaired) electrons. The van der Waals surface area contributed by atoms with Crippen molar-refractivity contribution in [1.29, 1.82) is 0 Å². The van der Waals surface area contributed by atoms with E-state index in [1.54, 1.807) is 36.7 Å². The average Bonchev–Trinajstić information content (AvgIpc) is 2.77. The largest absolute Gasteiger partial charge is 0.478 e. The van der Waals surface area contributed by atoms with Gasteiger partial charge in [0, 0.05) is 18.3 Å². The number of benzene rings is 1. The highest BCUT2D eigenvalue weighted by Gasteiger charge is 2.11. The number of carbonyl (C=O) groups is 1. The van der Waals surface area contributed by atoms with E-state index in [-0.39, 0.29) is 5.56 Å². The van der Waals surface area contributed by atoms with E-state index in [9.17, 15) is 4.79 Å².